The Morgan fingerprint density at radius 1 is 1.09 bits per heavy atom. The van der Waals surface area contributed by atoms with Crippen LogP contribution in [-0.4, -0.2) is 0 Å². The van der Waals surface area contributed by atoms with Crippen LogP contribution in [0.3, 0.4) is 0 Å². The van der Waals surface area contributed by atoms with Crippen LogP contribution in [0.2, 0.25) is 0 Å². The molecule has 0 amide bonds. The second-order valence-electron chi connectivity index (χ2n) is 8.18. The van der Waals surface area contributed by atoms with Crippen molar-refractivity contribution < 1.29 is 0 Å². The lowest BCUT2D eigenvalue weighted by molar-refractivity contribution is 0.331. The molecule has 0 heteroatoms. The summed E-state index contributed by atoms with van der Waals surface area (Å²) in [6.45, 7) is 18.0. The van der Waals surface area contributed by atoms with E-state index < -0.39 is 0 Å². The van der Waals surface area contributed by atoms with Gasteiger partial charge in [0.2, 0.25) is 0 Å². The van der Waals surface area contributed by atoms with E-state index in [9.17, 15) is 0 Å². The normalized spacial score (nSPS) is 19.6. The fourth-order valence-corrected chi connectivity index (χ4v) is 3.67. The van der Waals surface area contributed by atoms with Crippen molar-refractivity contribution in [3.63, 3.8) is 0 Å². The number of fused-ring (bicyclic) bond motifs is 1. The summed E-state index contributed by atoms with van der Waals surface area (Å²) in [7, 11) is 0. The highest BCUT2D eigenvalue weighted by molar-refractivity contribution is 5.48. The van der Waals surface area contributed by atoms with Gasteiger partial charge >= 0.3 is 0 Å². The molecule has 0 atom stereocenters. The van der Waals surface area contributed by atoms with Crippen LogP contribution in [-0.2, 0) is 17.3 Å². The predicted molar refractivity (Wildman–Crippen MR) is 98.7 cm³/mol. The standard InChI is InChI=1S/C22H32/c1-8-10-17(9-2)14-18-15-20-19(13-16(18)3)21(4,5)11-12-22(20,6)7/h8,10,13,15H,1,9,11-12,14H2,2-7H3/b17-10+. The van der Waals surface area contributed by atoms with Crippen LogP contribution in [0.4, 0.5) is 0 Å². The van der Waals surface area contributed by atoms with Gasteiger partial charge in [-0.15, -0.1) is 0 Å². The van der Waals surface area contributed by atoms with Crippen LogP contribution < -0.4 is 0 Å². The molecule has 22 heavy (non-hydrogen) atoms. The van der Waals surface area contributed by atoms with Crippen molar-refractivity contribution in [1.82, 2.24) is 0 Å². The third-order valence-corrected chi connectivity index (χ3v) is 5.53. The first-order valence-electron chi connectivity index (χ1n) is 8.66. The van der Waals surface area contributed by atoms with Gasteiger partial charge in [0.1, 0.15) is 0 Å². The van der Waals surface area contributed by atoms with Gasteiger partial charge in [-0.2, -0.15) is 0 Å². The average molecular weight is 296 g/mol. The molecule has 0 aliphatic heterocycles. The van der Waals surface area contributed by atoms with Crippen molar-refractivity contribution >= 4 is 0 Å². The molecule has 0 fully saturated rings. The lowest BCUT2D eigenvalue weighted by Crippen LogP contribution is -2.34. The third kappa shape index (κ3) is 3.21. The molecule has 0 unspecified atom stereocenters. The van der Waals surface area contributed by atoms with Gasteiger partial charge in [0.05, 0.1) is 0 Å². The van der Waals surface area contributed by atoms with Gasteiger partial charge in [-0.1, -0.05) is 71.1 Å². The van der Waals surface area contributed by atoms with Crippen LogP contribution in [0.25, 0.3) is 0 Å². The van der Waals surface area contributed by atoms with Crippen LogP contribution in [0.1, 0.15) is 76.1 Å². The molecule has 2 rings (SSSR count). The second-order valence-corrected chi connectivity index (χ2v) is 8.18. The topological polar surface area (TPSA) is 0 Å². The number of rotatable bonds is 4. The van der Waals surface area contributed by atoms with Crippen LogP contribution >= 0.6 is 0 Å². The Hall–Kier alpha value is -1.30. The maximum absolute atomic E-state index is 3.85. The zero-order valence-corrected chi connectivity index (χ0v) is 15.3. The molecule has 0 spiro atoms. The smallest absolute Gasteiger partial charge is 0.00614 e. The highest BCUT2D eigenvalue weighted by atomic mass is 14.4. The van der Waals surface area contributed by atoms with Crippen LogP contribution in [0, 0.1) is 6.92 Å². The number of hydrogen-bond donors (Lipinski definition) is 0. The van der Waals surface area contributed by atoms with E-state index >= 15 is 0 Å². The predicted octanol–water partition coefficient (Wildman–Crippen LogP) is 6.41. The lowest BCUT2D eigenvalue weighted by atomic mass is 9.62. The van der Waals surface area contributed by atoms with E-state index in [-0.39, 0.29) is 0 Å². The number of allylic oxidation sites excluding steroid dienone is 3. The van der Waals surface area contributed by atoms with Gasteiger partial charge in [0.25, 0.3) is 0 Å². The fraction of sp³-hybridized carbons (Fsp3) is 0.545. The first-order chi connectivity index (χ1) is 10.2. The summed E-state index contributed by atoms with van der Waals surface area (Å²) in [5.74, 6) is 0. The summed E-state index contributed by atoms with van der Waals surface area (Å²) >= 11 is 0. The van der Waals surface area contributed by atoms with E-state index in [1.807, 2.05) is 6.08 Å². The molecule has 1 aromatic carbocycles. The third-order valence-electron chi connectivity index (χ3n) is 5.53. The van der Waals surface area contributed by atoms with Gasteiger partial charge in [-0.05, 0) is 65.7 Å². The van der Waals surface area contributed by atoms with Crippen molar-refractivity contribution in [3.8, 4) is 0 Å². The maximum atomic E-state index is 3.85. The minimum atomic E-state index is 0.293. The molecule has 0 saturated carbocycles. The Kier molecular flexibility index (Phi) is 4.70. The Morgan fingerprint density at radius 2 is 1.64 bits per heavy atom. The second kappa shape index (κ2) is 6.07. The van der Waals surface area contributed by atoms with Crippen molar-refractivity contribution in [2.75, 3.05) is 0 Å². The average Bonchev–Trinajstić information content (AvgIpc) is 2.45. The van der Waals surface area contributed by atoms with Crippen molar-refractivity contribution in [2.45, 2.75) is 78.1 Å². The Bertz CT molecular complexity index is 597. The van der Waals surface area contributed by atoms with E-state index in [4.69, 9.17) is 0 Å². The van der Waals surface area contributed by atoms with Crippen LogP contribution in [0.15, 0.2) is 36.4 Å². The minimum absolute atomic E-state index is 0.293. The molecule has 0 aromatic heterocycles. The van der Waals surface area contributed by atoms with Crippen LogP contribution in [0.5, 0.6) is 0 Å². The first kappa shape index (κ1) is 17.1. The van der Waals surface area contributed by atoms with E-state index in [0.29, 0.717) is 10.8 Å². The SMILES string of the molecule is C=C/C=C(\CC)Cc1cc2c(cc1C)C(C)(C)CCC2(C)C. The fourth-order valence-electron chi connectivity index (χ4n) is 3.67. The molecule has 1 aromatic rings. The molecule has 0 N–H and O–H groups in total. The molecular formula is C22H32. The van der Waals surface area contributed by atoms with E-state index in [2.05, 4.69) is 66.3 Å². The van der Waals surface area contributed by atoms with Crippen molar-refractivity contribution in [3.05, 3.63) is 58.7 Å². The molecule has 0 heterocycles. The van der Waals surface area contributed by atoms with E-state index in [1.165, 1.54) is 29.5 Å². The maximum Gasteiger partial charge on any atom is -0.00614 e. The summed E-state index contributed by atoms with van der Waals surface area (Å²) in [4.78, 5) is 0. The lowest BCUT2D eigenvalue weighted by Gasteiger charge is -2.42. The van der Waals surface area contributed by atoms with Crippen molar-refractivity contribution in [1.29, 1.82) is 0 Å². The summed E-state index contributed by atoms with van der Waals surface area (Å²) in [6, 6.07) is 4.96. The molecule has 0 radical (unpaired) electrons. The summed E-state index contributed by atoms with van der Waals surface area (Å²) in [5.41, 5.74) is 8.12. The van der Waals surface area contributed by atoms with E-state index in [0.717, 1.165) is 12.8 Å². The number of hydrogen-bond acceptors (Lipinski definition) is 0. The Labute approximate surface area is 137 Å². The zero-order chi connectivity index (χ0) is 16.5. The Balaban J connectivity index is 2.52. The summed E-state index contributed by atoms with van der Waals surface area (Å²) in [5, 5.41) is 0. The molecule has 120 valence electrons. The first-order valence-corrected chi connectivity index (χ1v) is 8.66. The highest BCUT2D eigenvalue weighted by Gasteiger charge is 2.37. The monoisotopic (exact) mass is 296 g/mol. The molecule has 0 nitrogen and oxygen atoms in total. The van der Waals surface area contributed by atoms with Gasteiger partial charge in [-0.25, -0.2) is 0 Å². The quantitative estimate of drug-likeness (QED) is 0.563. The molecular weight excluding hydrogens is 264 g/mol. The van der Waals surface area contributed by atoms with Crippen molar-refractivity contribution in [2.24, 2.45) is 0 Å². The number of aryl methyl sites for hydroxylation is 1. The number of benzene rings is 1. The molecule has 0 saturated heterocycles. The Morgan fingerprint density at radius 3 is 2.14 bits per heavy atom. The summed E-state index contributed by atoms with van der Waals surface area (Å²) < 4.78 is 0. The highest BCUT2D eigenvalue weighted by Crippen LogP contribution is 2.46. The minimum Gasteiger partial charge on any atom is -0.0991 e. The van der Waals surface area contributed by atoms with Gasteiger partial charge in [0.15, 0.2) is 0 Å². The molecule has 1 aliphatic carbocycles. The van der Waals surface area contributed by atoms with E-state index in [1.54, 1.807) is 11.1 Å². The van der Waals surface area contributed by atoms with Gasteiger partial charge < -0.3 is 0 Å². The zero-order valence-electron chi connectivity index (χ0n) is 15.3. The van der Waals surface area contributed by atoms with Gasteiger partial charge in [-0.3, -0.25) is 0 Å². The van der Waals surface area contributed by atoms with Gasteiger partial charge in [0, 0.05) is 0 Å². The molecule has 1 aliphatic rings. The molecule has 0 bridgehead atoms. The largest absolute Gasteiger partial charge is 0.0991 e. The summed E-state index contributed by atoms with van der Waals surface area (Å²) in [6.07, 6.45) is 8.80.